The van der Waals surface area contributed by atoms with Crippen molar-refractivity contribution in [1.82, 2.24) is 10.3 Å². The Morgan fingerprint density at radius 1 is 1.23 bits per heavy atom. The minimum Gasteiger partial charge on any atom is -0.338 e. The Morgan fingerprint density at radius 2 is 1.95 bits per heavy atom. The van der Waals surface area contributed by atoms with Gasteiger partial charge >= 0.3 is 0 Å². The molecule has 0 spiro atoms. The maximum atomic E-state index is 12.9. The van der Waals surface area contributed by atoms with E-state index >= 15 is 0 Å². The van der Waals surface area contributed by atoms with E-state index in [0.717, 1.165) is 0 Å². The molecule has 2 aromatic rings. The van der Waals surface area contributed by atoms with E-state index in [0.29, 0.717) is 11.1 Å². The van der Waals surface area contributed by atoms with Gasteiger partial charge in [-0.3, -0.25) is 14.6 Å². The minimum atomic E-state index is -0.510. The molecule has 22 heavy (non-hydrogen) atoms. The highest BCUT2D eigenvalue weighted by molar-refractivity contribution is 6.00. The second-order valence-corrected chi connectivity index (χ2v) is 4.46. The molecule has 6 heteroatoms. The molecule has 2 rings (SSSR count). The first-order valence-corrected chi connectivity index (χ1v) is 6.49. The second kappa shape index (κ2) is 7.09. The van der Waals surface area contributed by atoms with E-state index in [9.17, 15) is 14.0 Å². The molecule has 0 fully saturated rings. The summed E-state index contributed by atoms with van der Waals surface area (Å²) in [6.45, 7) is -0.138. The van der Waals surface area contributed by atoms with Crippen molar-refractivity contribution < 1.29 is 14.0 Å². The van der Waals surface area contributed by atoms with Crippen LogP contribution < -0.4 is 5.32 Å². The Balaban J connectivity index is 2.19. The number of halogens is 1. The number of pyridine rings is 1. The first-order valence-electron chi connectivity index (χ1n) is 6.49. The first-order chi connectivity index (χ1) is 10.6. The lowest BCUT2D eigenvalue weighted by Crippen LogP contribution is -2.26. The van der Waals surface area contributed by atoms with Gasteiger partial charge in [-0.1, -0.05) is 6.07 Å². The van der Waals surface area contributed by atoms with Crippen LogP contribution in [0.3, 0.4) is 0 Å². The molecule has 0 aliphatic heterocycles. The number of nitriles is 1. The SMILES string of the molecule is N#CCNC(=O)c1ncccc1CC(=O)c1ccc(F)cc1. The third-order valence-electron chi connectivity index (χ3n) is 2.95. The lowest BCUT2D eigenvalue weighted by atomic mass is 10.0. The summed E-state index contributed by atoms with van der Waals surface area (Å²) in [5.41, 5.74) is 0.911. The van der Waals surface area contributed by atoms with Crippen molar-refractivity contribution in [2.75, 3.05) is 6.54 Å². The normalized spacial score (nSPS) is 9.82. The van der Waals surface area contributed by atoms with E-state index in [1.54, 1.807) is 18.2 Å². The monoisotopic (exact) mass is 297 g/mol. The van der Waals surface area contributed by atoms with Crippen LogP contribution in [0.1, 0.15) is 26.4 Å². The number of carbonyl (C=O) groups excluding carboxylic acids is 2. The molecule has 1 N–H and O–H groups in total. The van der Waals surface area contributed by atoms with Gasteiger partial charge < -0.3 is 5.32 Å². The molecule has 0 atom stereocenters. The van der Waals surface area contributed by atoms with Crippen LogP contribution in [0.15, 0.2) is 42.6 Å². The Kier molecular flexibility index (Phi) is 4.94. The van der Waals surface area contributed by atoms with Crippen LogP contribution in [0, 0.1) is 17.1 Å². The highest BCUT2D eigenvalue weighted by Crippen LogP contribution is 2.11. The van der Waals surface area contributed by atoms with Gasteiger partial charge in [0.15, 0.2) is 5.78 Å². The summed E-state index contributed by atoms with van der Waals surface area (Å²) in [5, 5.41) is 10.9. The summed E-state index contributed by atoms with van der Waals surface area (Å²) >= 11 is 0. The number of Topliss-reactive ketones (excluding diaryl/α,β-unsaturated/α-hetero) is 1. The first kappa shape index (κ1) is 15.3. The average Bonchev–Trinajstić information content (AvgIpc) is 2.53. The van der Waals surface area contributed by atoms with Gasteiger partial charge in [-0.05, 0) is 35.9 Å². The summed E-state index contributed by atoms with van der Waals surface area (Å²) in [6, 6.07) is 10.2. The molecule has 0 aliphatic carbocycles. The smallest absolute Gasteiger partial charge is 0.270 e. The molecule has 0 saturated heterocycles. The Bertz CT molecular complexity index is 736. The molecule has 0 saturated carbocycles. The van der Waals surface area contributed by atoms with Gasteiger partial charge in [0, 0.05) is 18.2 Å². The highest BCUT2D eigenvalue weighted by Gasteiger charge is 2.15. The predicted octanol–water partition coefficient (Wildman–Crippen LogP) is 1.90. The fraction of sp³-hybridized carbons (Fsp3) is 0.125. The predicted molar refractivity (Wildman–Crippen MR) is 76.6 cm³/mol. The molecule has 1 amide bonds. The third-order valence-corrected chi connectivity index (χ3v) is 2.95. The van der Waals surface area contributed by atoms with Crippen molar-refractivity contribution in [2.45, 2.75) is 6.42 Å². The molecule has 0 radical (unpaired) electrons. The number of aromatic nitrogens is 1. The van der Waals surface area contributed by atoms with Crippen molar-refractivity contribution in [3.05, 3.63) is 65.2 Å². The van der Waals surface area contributed by atoms with Crippen LogP contribution in [0.25, 0.3) is 0 Å². The molecular weight excluding hydrogens is 285 g/mol. The number of carbonyl (C=O) groups is 2. The molecule has 0 aliphatic rings. The standard InChI is InChI=1S/C16H12FN3O2/c17-13-5-3-11(4-6-13)14(21)10-12-2-1-8-19-15(12)16(22)20-9-7-18/h1-6,8H,9-10H2,(H,20,22). The highest BCUT2D eigenvalue weighted by atomic mass is 19.1. The topological polar surface area (TPSA) is 82.8 Å². The van der Waals surface area contributed by atoms with Gasteiger partial charge in [0.1, 0.15) is 18.1 Å². The molecule has 1 aromatic carbocycles. The number of ketones is 1. The van der Waals surface area contributed by atoms with Crippen LogP contribution in [0.2, 0.25) is 0 Å². The molecule has 110 valence electrons. The van der Waals surface area contributed by atoms with E-state index in [1.165, 1.54) is 30.5 Å². The number of hydrogen-bond acceptors (Lipinski definition) is 4. The van der Waals surface area contributed by atoms with Gasteiger partial charge in [0.05, 0.1) is 6.07 Å². The molecule has 1 aromatic heterocycles. The van der Waals surface area contributed by atoms with E-state index < -0.39 is 11.7 Å². The summed E-state index contributed by atoms with van der Waals surface area (Å²) < 4.78 is 12.9. The zero-order valence-electron chi connectivity index (χ0n) is 11.5. The van der Waals surface area contributed by atoms with Crippen LogP contribution in [-0.2, 0) is 6.42 Å². The number of rotatable bonds is 5. The van der Waals surface area contributed by atoms with Crippen LogP contribution in [0.4, 0.5) is 4.39 Å². The van der Waals surface area contributed by atoms with Gasteiger partial charge in [0.25, 0.3) is 5.91 Å². The number of nitrogens with one attached hydrogen (secondary N) is 1. The van der Waals surface area contributed by atoms with Crippen LogP contribution in [-0.4, -0.2) is 23.2 Å². The van der Waals surface area contributed by atoms with Gasteiger partial charge in [0.2, 0.25) is 0 Å². The Labute approximate surface area is 126 Å². The van der Waals surface area contributed by atoms with Crippen molar-refractivity contribution >= 4 is 11.7 Å². The van der Waals surface area contributed by atoms with Crippen molar-refractivity contribution in [1.29, 1.82) is 5.26 Å². The van der Waals surface area contributed by atoms with E-state index in [4.69, 9.17) is 5.26 Å². The van der Waals surface area contributed by atoms with Crippen molar-refractivity contribution in [3.63, 3.8) is 0 Å². The fourth-order valence-electron chi connectivity index (χ4n) is 1.90. The number of benzene rings is 1. The molecule has 0 unspecified atom stereocenters. The van der Waals surface area contributed by atoms with Crippen molar-refractivity contribution in [2.24, 2.45) is 0 Å². The van der Waals surface area contributed by atoms with E-state index in [2.05, 4.69) is 10.3 Å². The molecule has 0 bridgehead atoms. The quantitative estimate of drug-likeness (QED) is 0.675. The van der Waals surface area contributed by atoms with Gasteiger partial charge in [-0.15, -0.1) is 0 Å². The second-order valence-electron chi connectivity index (χ2n) is 4.46. The van der Waals surface area contributed by atoms with E-state index in [1.807, 2.05) is 0 Å². The fourth-order valence-corrected chi connectivity index (χ4v) is 1.90. The van der Waals surface area contributed by atoms with Gasteiger partial charge in [-0.25, -0.2) is 4.39 Å². The van der Waals surface area contributed by atoms with Crippen LogP contribution >= 0.6 is 0 Å². The summed E-state index contributed by atoms with van der Waals surface area (Å²) in [5.74, 6) is -1.18. The lowest BCUT2D eigenvalue weighted by molar-refractivity contribution is 0.0952. The molecular formula is C16H12FN3O2. The Hall–Kier alpha value is -3.07. The van der Waals surface area contributed by atoms with E-state index in [-0.39, 0.29) is 24.4 Å². The average molecular weight is 297 g/mol. The summed E-state index contributed by atoms with van der Waals surface area (Å²) in [7, 11) is 0. The largest absolute Gasteiger partial charge is 0.338 e. The minimum absolute atomic E-state index is 0.0330. The molecule has 1 heterocycles. The summed E-state index contributed by atoms with van der Waals surface area (Å²) in [4.78, 5) is 28.0. The third kappa shape index (κ3) is 3.73. The molecule has 5 nitrogen and oxygen atoms in total. The van der Waals surface area contributed by atoms with Gasteiger partial charge in [-0.2, -0.15) is 5.26 Å². The number of hydrogen-bond donors (Lipinski definition) is 1. The van der Waals surface area contributed by atoms with Crippen LogP contribution in [0.5, 0.6) is 0 Å². The van der Waals surface area contributed by atoms with Crippen molar-refractivity contribution in [3.8, 4) is 6.07 Å². The number of nitrogens with zero attached hydrogens (tertiary/aromatic N) is 2. The summed E-state index contributed by atoms with van der Waals surface area (Å²) in [6.07, 6.45) is 1.40. The zero-order chi connectivity index (χ0) is 15.9. The zero-order valence-corrected chi connectivity index (χ0v) is 11.5. The maximum Gasteiger partial charge on any atom is 0.270 e. The maximum absolute atomic E-state index is 12.9. The Morgan fingerprint density at radius 3 is 2.64 bits per heavy atom. The lowest BCUT2D eigenvalue weighted by Gasteiger charge is -2.07. The number of amides is 1.